The summed E-state index contributed by atoms with van der Waals surface area (Å²) in [7, 11) is -3.25. The predicted octanol–water partition coefficient (Wildman–Crippen LogP) is 3.93. The van der Waals surface area contributed by atoms with Crippen LogP contribution in [-0.4, -0.2) is 41.2 Å². The number of hydrogen-bond donors (Lipinski definition) is 2. The number of carboxylic acids is 1. The van der Waals surface area contributed by atoms with Crippen LogP contribution in [-0.2, 0) is 31.0 Å². The summed E-state index contributed by atoms with van der Waals surface area (Å²) < 4.78 is 23.2. The third-order valence-corrected chi connectivity index (χ3v) is 6.36. The molecule has 2 N–H and O–H groups in total. The molecule has 162 valence electrons. The first-order valence-electron chi connectivity index (χ1n) is 9.37. The fourth-order valence-corrected chi connectivity index (χ4v) is 4.53. The average molecular weight is 455 g/mol. The smallest absolute Gasteiger partial charge is 0.335 e. The second-order valence-corrected chi connectivity index (χ2v) is 8.80. The van der Waals surface area contributed by atoms with E-state index in [-0.39, 0.29) is 31.4 Å². The lowest BCUT2D eigenvalue weighted by atomic mass is 10.1. The number of carboxylic acid groups (broad SMARTS) is 1. The summed E-state index contributed by atoms with van der Waals surface area (Å²) in [6.07, 6.45) is 1.61. The maximum atomic E-state index is 12.6. The fourth-order valence-electron chi connectivity index (χ4n) is 2.71. The lowest BCUT2D eigenvalue weighted by molar-refractivity contribution is -0.139. The van der Waals surface area contributed by atoms with Crippen LogP contribution in [0.15, 0.2) is 42.6 Å². The summed E-state index contributed by atoms with van der Waals surface area (Å²) in [4.78, 5) is 28.0. The molecule has 0 fully saturated rings. The molecule has 1 heterocycles. The number of aliphatic carboxylic acids is 1. The zero-order valence-corrected chi connectivity index (χ0v) is 18.4. The maximum absolute atomic E-state index is 12.6. The number of benzene rings is 1. The largest absolute Gasteiger partial charge is 0.480 e. The Morgan fingerprint density at radius 2 is 1.70 bits per heavy atom. The van der Waals surface area contributed by atoms with E-state index in [4.69, 9.17) is 20.6 Å². The molecule has 0 bridgehead atoms. The molecule has 0 radical (unpaired) electrons. The van der Waals surface area contributed by atoms with Crippen molar-refractivity contribution < 1.29 is 28.3 Å². The highest BCUT2D eigenvalue weighted by atomic mass is 35.5. The molecule has 2 aromatic rings. The third-order valence-electron chi connectivity index (χ3n) is 4.08. The standard InChI is InChI=1S/C20H24ClN2O6P/c1-3-28-30(27,29-4-2)13-14-5-8-16(9-6-14)19(24)23-17(20(25)26)11-15-7-10-18(21)22-12-15/h5-10,12,17H,3-4,11,13H2,1-2H3,(H,23,24)(H,25,26)/t17-/m1/s1. The summed E-state index contributed by atoms with van der Waals surface area (Å²) in [6.45, 7) is 3.99. The first-order valence-corrected chi connectivity index (χ1v) is 11.5. The van der Waals surface area contributed by atoms with Crippen LogP contribution < -0.4 is 5.32 Å². The number of pyridine rings is 1. The highest BCUT2D eigenvalue weighted by molar-refractivity contribution is 7.53. The molecular formula is C20H24ClN2O6P. The number of nitrogens with zero attached hydrogens (tertiary/aromatic N) is 1. The van der Waals surface area contributed by atoms with E-state index in [0.717, 1.165) is 0 Å². The molecule has 0 spiro atoms. The average Bonchev–Trinajstić information content (AvgIpc) is 2.69. The van der Waals surface area contributed by atoms with Gasteiger partial charge in [0, 0.05) is 18.2 Å². The SMILES string of the molecule is CCOP(=O)(Cc1ccc(C(=O)N[C@H](Cc2ccc(Cl)nc2)C(=O)O)cc1)OCC. The molecule has 1 amide bonds. The Labute approximate surface area is 180 Å². The minimum Gasteiger partial charge on any atom is -0.480 e. The first kappa shape index (κ1) is 24.0. The van der Waals surface area contributed by atoms with E-state index in [1.807, 2.05) is 0 Å². The number of amides is 1. The van der Waals surface area contributed by atoms with Crippen molar-refractivity contribution in [1.29, 1.82) is 0 Å². The van der Waals surface area contributed by atoms with Gasteiger partial charge in [-0.25, -0.2) is 9.78 Å². The Hall–Kier alpha value is -2.25. The van der Waals surface area contributed by atoms with Crippen molar-refractivity contribution in [2.75, 3.05) is 13.2 Å². The van der Waals surface area contributed by atoms with Crippen LogP contribution >= 0.6 is 19.2 Å². The third kappa shape index (κ3) is 7.22. The van der Waals surface area contributed by atoms with E-state index >= 15 is 0 Å². The monoisotopic (exact) mass is 454 g/mol. The Morgan fingerprint density at radius 3 is 2.20 bits per heavy atom. The van der Waals surface area contributed by atoms with E-state index in [1.165, 1.54) is 18.3 Å². The van der Waals surface area contributed by atoms with Gasteiger partial charge in [0.25, 0.3) is 5.91 Å². The van der Waals surface area contributed by atoms with Crippen LogP contribution in [0.5, 0.6) is 0 Å². The summed E-state index contributed by atoms with van der Waals surface area (Å²) in [5.41, 5.74) is 1.59. The second kappa shape index (κ2) is 11.2. The maximum Gasteiger partial charge on any atom is 0.335 e. The number of carbonyl (C=O) groups is 2. The van der Waals surface area contributed by atoms with Crippen molar-refractivity contribution in [1.82, 2.24) is 10.3 Å². The summed E-state index contributed by atoms with van der Waals surface area (Å²) in [5, 5.41) is 12.2. The van der Waals surface area contributed by atoms with E-state index < -0.39 is 25.5 Å². The van der Waals surface area contributed by atoms with Crippen LogP contribution in [0.2, 0.25) is 5.15 Å². The van der Waals surface area contributed by atoms with Gasteiger partial charge in [-0.1, -0.05) is 29.8 Å². The van der Waals surface area contributed by atoms with Gasteiger partial charge in [0.1, 0.15) is 11.2 Å². The molecule has 0 aliphatic rings. The number of carbonyl (C=O) groups excluding carboxylic acids is 1. The molecule has 0 saturated heterocycles. The molecule has 0 unspecified atom stereocenters. The molecule has 10 heteroatoms. The van der Waals surface area contributed by atoms with Gasteiger partial charge < -0.3 is 19.5 Å². The first-order chi connectivity index (χ1) is 14.3. The molecule has 1 aromatic heterocycles. The van der Waals surface area contributed by atoms with E-state index in [9.17, 15) is 19.3 Å². The summed E-state index contributed by atoms with van der Waals surface area (Å²) in [6, 6.07) is 8.43. The van der Waals surface area contributed by atoms with E-state index in [0.29, 0.717) is 16.3 Å². The van der Waals surface area contributed by atoms with Crippen molar-refractivity contribution in [3.8, 4) is 0 Å². The van der Waals surface area contributed by atoms with Crippen molar-refractivity contribution in [2.24, 2.45) is 0 Å². The molecule has 0 aliphatic heterocycles. The minimum absolute atomic E-state index is 0.0647. The van der Waals surface area contributed by atoms with Crippen LogP contribution in [0.4, 0.5) is 0 Å². The molecule has 8 nitrogen and oxygen atoms in total. The van der Waals surface area contributed by atoms with Gasteiger partial charge in [-0.2, -0.15) is 0 Å². The number of halogens is 1. The van der Waals surface area contributed by atoms with Crippen molar-refractivity contribution >= 4 is 31.1 Å². The topological polar surface area (TPSA) is 115 Å². The molecule has 1 atom stereocenters. The predicted molar refractivity (Wildman–Crippen MR) is 113 cm³/mol. The number of rotatable bonds is 11. The van der Waals surface area contributed by atoms with Gasteiger partial charge >= 0.3 is 13.6 Å². The Morgan fingerprint density at radius 1 is 1.10 bits per heavy atom. The van der Waals surface area contributed by atoms with Crippen LogP contribution in [0.25, 0.3) is 0 Å². The quantitative estimate of drug-likeness (QED) is 0.390. The molecule has 0 saturated carbocycles. The van der Waals surface area contributed by atoms with E-state index in [1.54, 1.807) is 38.1 Å². The Bertz CT molecular complexity index is 895. The highest BCUT2D eigenvalue weighted by Gasteiger charge is 2.25. The second-order valence-electron chi connectivity index (χ2n) is 6.36. The lowest BCUT2D eigenvalue weighted by Crippen LogP contribution is -2.42. The normalized spacial score (nSPS) is 12.4. The van der Waals surface area contributed by atoms with Gasteiger partial charge in [-0.3, -0.25) is 9.36 Å². The molecular weight excluding hydrogens is 431 g/mol. The number of hydrogen-bond acceptors (Lipinski definition) is 6. The minimum atomic E-state index is -3.25. The van der Waals surface area contributed by atoms with Crippen LogP contribution in [0, 0.1) is 0 Å². The van der Waals surface area contributed by atoms with Crippen molar-refractivity contribution in [3.63, 3.8) is 0 Å². The van der Waals surface area contributed by atoms with Crippen LogP contribution in [0.3, 0.4) is 0 Å². The summed E-state index contributed by atoms with van der Waals surface area (Å²) in [5.74, 6) is -1.70. The fraction of sp³-hybridized carbons (Fsp3) is 0.350. The zero-order chi connectivity index (χ0) is 22.1. The van der Waals surface area contributed by atoms with Crippen molar-refractivity contribution in [2.45, 2.75) is 32.5 Å². The molecule has 0 aliphatic carbocycles. The van der Waals surface area contributed by atoms with Gasteiger partial charge in [0.2, 0.25) is 0 Å². The van der Waals surface area contributed by atoms with Gasteiger partial charge in [0.15, 0.2) is 0 Å². The number of aromatic nitrogens is 1. The van der Waals surface area contributed by atoms with Gasteiger partial charge in [0.05, 0.1) is 19.4 Å². The summed E-state index contributed by atoms with van der Waals surface area (Å²) >= 11 is 5.73. The zero-order valence-electron chi connectivity index (χ0n) is 16.7. The highest BCUT2D eigenvalue weighted by Crippen LogP contribution is 2.51. The Kier molecular flexibility index (Phi) is 8.99. The van der Waals surface area contributed by atoms with Crippen LogP contribution in [0.1, 0.15) is 35.3 Å². The van der Waals surface area contributed by atoms with E-state index in [2.05, 4.69) is 10.3 Å². The molecule has 30 heavy (non-hydrogen) atoms. The lowest BCUT2D eigenvalue weighted by Gasteiger charge is -2.17. The van der Waals surface area contributed by atoms with Gasteiger partial charge in [-0.15, -0.1) is 0 Å². The molecule has 1 aromatic carbocycles. The Balaban J connectivity index is 2.05. The van der Waals surface area contributed by atoms with Gasteiger partial charge in [-0.05, 0) is 43.2 Å². The van der Waals surface area contributed by atoms with Crippen molar-refractivity contribution in [3.05, 3.63) is 64.4 Å². The number of nitrogens with one attached hydrogen (secondary N) is 1. The molecule has 2 rings (SSSR count).